The van der Waals surface area contributed by atoms with Crippen molar-refractivity contribution in [2.45, 2.75) is 6.54 Å². The Morgan fingerprint density at radius 3 is 2.74 bits per heavy atom. The van der Waals surface area contributed by atoms with Gasteiger partial charge in [-0.3, -0.25) is 0 Å². The van der Waals surface area contributed by atoms with Crippen molar-refractivity contribution in [2.75, 3.05) is 25.6 Å². The second-order valence-corrected chi connectivity index (χ2v) is 6.58. The molecule has 0 unspecified atom stereocenters. The average Bonchev–Trinajstić information content (AvgIpc) is 2.54. The maximum absolute atomic E-state index is 5.62. The molecule has 0 bridgehead atoms. The predicted molar refractivity (Wildman–Crippen MR) is 99.3 cm³/mol. The SMILES string of the molecule is CN(Cc1ccc2c(c1)OCCO2)C(=S)Nc1cccc(Br)c1. The van der Waals surface area contributed by atoms with Crippen molar-refractivity contribution in [3.05, 3.63) is 52.5 Å². The maximum atomic E-state index is 5.62. The molecule has 120 valence electrons. The molecule has 1 aliphatic rings. The summed E-state index contributed by atoms with van der Waals surface area (Å²) in [6.07, 6.45) is 0. The molecule has 1 heterocycles. The lowest BCUT2D eigenvalue weighted by atomic mass is 10.2. The lowest BCUT2D eigenvalue weighted by Gasteiger charge is -2.23. The summed E-state index contributed by atoms with van der Waals surface area (Å²) in [7, 11) is 1.96. The smallest absolute Gasteiger partial charge is 0.173 e. The fourth-order valence-corrected chi connectivity index (χ4v) is 2.90. The number of rotatable bonds is 3. The molecule has 2 aromatic rings. The van der Waals surface area contributed by atoms with Gasteiger partial charge < -0.3 is 19.7 Å². The molecule has 0 saturated carbocycles. The molecule has 0 spiro atoms. The van der Waals surface area contributed by atoms with Crippen molar-refractivity contribution in [1.29, 1.82) is 0 Å². The number of anilines is 1. The Hall–Kier alpha value is -1.79. The number of thiocarbonyl (C=S) groups is 1. The average molecular weight is 393 g/mol. The standard InChI is InChI=1S/C17H17BrN2O2S/c1-20(17(23)19-14-4-2-3-13(18)10-14)11-12-5-6-15-16(9-12)22-8-7-21-15/h2-6,9-10H,7-8,11H2,1H3,(H,19,23). The molecule has 23 heavy (non-hydrogen) atoms. The van der Waals surface area contributed by atoms with E-state index < -0.39 is 0 Å². The molecule has 0 atom stereocenters. The van der Waals surface area contributed by atoms with Crippen molar-refractivity contribution >= 4 is 38.9 Å². The van der Waals surface area contributed by atoms with Crippen LogP contribution in [0.3, 0.4) is 0 Å². The van der Waals surface area contributed by atoms with Crippen LogP contribution in [0.5, 0.6) is 11.5 Å². The summed E-state index contributed by atoms with van der Waals surface area (Å²) in [6, 6.07) is 13.9. The quantitative estimate of drug-likeness (QED) is 0.796. The minimum atomic E-state index is 0.592. The highest BCUT2D eigenvalue weighted by Crippen LogP contribution is 2.31. The molecular formula is C17H17BrN2O2S. The first kappa shape index (κ1) is 16.1. The third kappa shape index (κ3) is 4.14. The molecule has 0 saturated heterocycles. The minimum absolute atomic E-state index is 0.592. The Balaban J connectivity index is 1.64. The third-order valence-electron chi connectivity index (χ3n) is 3.45. The van der Waals surface area contributed by atoms with Crippen LogP contribution in [-0.4, -0.2) is 30.3 Å². The zero-order valence-electron chi connectivity index (χ0n) is 12.7. The summed E-state index contributed by atoms with van der Waals surface area (Å²) >= 11 is 8.92. The number of hydrogen-bond acceptors (Lipinski definition) is 3. The van der Waals surface area contributed by atoms with Gasteiger partial charge in [0.1, 0.15) is 13.2 Å². The fourth-order valence-electron chi connectivity index (χ4n) is 2.32. The Labute approximate surface area is 149 Å². The molecule has 6 heteroatoms. The fraction of sp³-hybridized carbons (Fsp3) is 0.235. The number of hydrogen-bond donors (Lipinski definition) is 1. The molecule has 4 nitrogen and oxygen atoms in total. The van der Waals surface area contributed by atoms with Gasteiger partial charge in [-0.25, -0.2) is 0 Å². The summed E-state index contributed by atoms with van der Waals surface area (Å²) in [5.41, 5.74) is 2.08. The van der Waals surface area contributed by atoms with E-state index in [0.29, 0.717) is 24.9 Å². The third-order valence-corrected chi connectivity index (χ3v) is 4.36. The van der Waals surface area contributed by atoms with Crippen LogP contribution in [-0.2, 0) is 6.54 Å². The van der Waals surface area contributed by atoms with Crippen LogP contribution in [0.2, 0.25) is 0 Å². The first-order valence-electron chi connectivity index (χ1n) is 7.28. The van der Waals surface area contributed by atoms with E-state index in [0.717, 1.165) is 27.2 Å². The highest BCUT2D eigenvalue weighted by Gasteiger charge is 2.13. The van der Waals surface area contributed by atoms with Gasteiger partial charge in [-0.15, -0.1) is 0 Å². The van der Waals surface area contributed by atoms with E-state index in [1.54, 1.807) is 0 Å². The molecule has 1 aliphatic heterocycles. The predicted octanol–water partition coefficient (Wildman–Crippen LogP) is 4.05. The topological polar surface area (TPSA) is 33.7 Å². The zero-order valence-corrected chi connectivity index (χ0v) is 15.1. The van der Waals surface area contributed by atoms with E-state index in [1.807, 2.05) is 54.4 Å². The lowest BCUT2D eigenvalue weighted by molar-refractivity contribution is 0.171. The lowest BCUT2D eigenvalue weighted by Crippen LogP contribution is -2.30. The van der Waals surface area contributed by atoms with Crippen molar-refractivity contribution in [3.63, 3.8) is 0 Å². The Morgan fingerprint density at radius 2 is 1.96 bits per heavy atom. The van der Waals surface area contributed by atoms with Crippen LogP contribution in [0.4, 0.5) is 5.69 Å². The summed E-state index contributed by atoms with van der Waals surface area (Å²) in [6.45, 7) is 1.89. The number of benzene rings is 2. The van der Waals surface area contributed by atoms with Gasteiger partial charge in [0.25, 0.3) is 0 Å². The van der Waals surface area contributed by atoms with Crippen LogP contribution in [0.25, 0.3) is 0 Å². The molecule has 0 aromatic heterocycles. The Morgan fingerprint density at radius 1 is 1.17 bits per heavy atom. The van der Waals surface area contributed by atoms with Crippen LogP contribution < -0.4 is 14.8 Å². The summed E-state index contributed by atoms with van der Waals surface area (Å²) in [5, 5.41) is 3.90. The van der Waals surface area contributed by atoms with Gasteiger partial charge in [0.15, 0.2) is 16.6 Å². The molecule has 0 fully saturated rings. The molecule has 0 radical (unpaired) electrons. The second kappa shape index (κ2) is 7.19. The highest BCUT2D eigenvalue weighted by atomic mass is 79.9. The van der Waals surface area contributed by atoms with E-state index >= 15 is 0 Å². The maximum Gasteiger partial charge on any atom is 0.173 e. The Bertz CT molecular complexity index is 723. The van der Waals surface area contributed by atoms with Gasteiger partial charge in [-0.1, -0.05) is 28.1 Å². The monoisotopic (exact) mass is 392 g/mol. The first-order valence-corrected chi connectivity index (χ1v) is 8.48. The molecular weight excluding hydrogens is 376 g/mol. The van der Waals surface area contributed by atoms with Crippen molar-refractivity contribution in [1.82, 2.24) is 4.90 Å². The Kier molecular flexibility index (Phi) is 5.03. The van der Waals surface area contributed by atoms with Gasteiger partial charge in [-0.05, 0) is 48.1 Å². The van der Waals surface area contributed by atoms with E-state index in [9.17, 15) is 0 Å². The molecule has 0 aliphatic carbocycles. The molecule has 3 rings (SSSR count). The number of nitrogens with one attached hydrogen (secondary N) is 1. The second-order valence-electron chi connectivity index (χ2n) is 5.27. The van der Waals surface area contributed by atoms with Crippen LogP contribution >= 0.6 is 28.1 Å². The van der Waals surface area contributed by atoms with E-state index in [4.69, 9.17) is 21.7 Å². The summed E-state index contributed by atoms with van der Waals surface area (Å²) in [4.78, 5) is 1.99. The van der Waals surface area contributed by atoms with Gasteiger partial charge in [0, 0.05) is 23.8 Å². The summed E-state index contributed by atoms with van der Waals surface area (Å²) in [5.74, 6) is 1.60. The van der Waals surface area contributed by atoms with E-state index in [1.165, 1.54) is 0 Å². The van der Waals surface area contributed by atoms with Gasteiger partial charge in [0.2, 0.25) is 0 Å². The first-order chi connectivity index (χ1) is 11.1. The van der Waals surface area contributed by atoms with Gasteiger partial charge in [0.05, 0.1) is 0 Å². The largest absolute Gasteiger partial charge is 0.486 e. The zero-order chi connectivity index (χ0) is 16.2. The van der Waals surface area contributed by atoms with Crippen LogP contribution in [0, 0.1) is 0 Å². The van der Waals surface area contributed by atoms with Crippen LogP contribution in [0.1, 0.15) is 5.56 Å². The van der Waals surface area contributed by atoms with E-state index in [-0.39, 0.29) is 0 Å². The number of nitrogens with zero attached hydrogens (tertiary/aromatic N) is 1. The molecule has 0 amide bonds. The molecule has 1 N–H and O–H groups in total. The number of ether oxygens (including phenoxy) is 2. The van der Waals surface area contributed by atoms with Gasteiger partial charge in [-0.2, -0.15) is 0 Å². The highest BCUT2D eigenvalue weighted by molar-refractivity contribution is 9.10. The van der Waals surface area contributed by atoms with Crippen molar-refractivity contribution in [2.24, 2.45) is 0 Å². The van der Waals surface area contributed by atoms with Crippen molar-refractivity contribution < 1.29 is 9.47 Å². The minimum Gasteiger partial charge on any atom is -0.486 e. The van der Waals surface area contributed by atoms with Crippen LogP contribution in [0.15, 0.2) is 46.9 Å². The summed E-state index contributed by atoms with van der Waals surface area (Å²) < 4.78 is 12.2. The van der Waals surface area contributed by atoms with E-state index in [2.05, 4.69) is 21.2 Å². The normalized spacial score (nSPS) is 12.6. The molecule has 2 aromatic carbocycles. The number of fused-ring (bicyclic) bond motifs is 1. The van der Waals surface area contributed by atoms with Crippen molar-refractivity contribution in [3.8, 4) is 11.5 Å². The van der Waals surface area contributed by atoms with Gasteiger partial charge >= 0.3 is 0 Å². The number of halogens is 1.